The van der Waals surface area contributed by atoms with Crippen LogP contribution in [0.1, 0.15) is 28.8 Å². The van der Waals surface area contributed by atoms with E-state index in [0.717, 1.165) is 12.0 Å². The smallest absolute Gasteiger partial charge is 0.255 e. The highest BCUT2D eigenvalue weighted by molar-refractivity contribution is 6.03. The van der Waals surface area contributed by atoms with Crippen molar-refractivity contribution in [2.75, 3.05) is 11.4 Å². The van der Waals surface area contributed by atoms with Crippen molar-refractivity contribution in [3.05, 3.63) is 41.6 Å². The van der Waals surface area contributed by atoms with Gasteiger partial charge in [0, 0.05) is 25.9 Å². The minimum Gasteiger partial charge on any atom is -0.507 e. The summed E-state index contributed by atoms with van der Waals surface area (Å²) in [5, 5.41) is 16.9. The summed E-state index contributed by atoms with van der Waals surface area (Å²) in [4.78, 5) is 26.6. The predicted molar refractivity (Wildman–Crippen MR) is 88.9 cm³/mol. The molecule has 0 radical (unpaired) electrons. The van der Waals surface area contributed by atoms with Crippen molar-refractivity contribution in [3.63, 3.8) is 0 Å². The zero-order valence-corrected chi connectivity index (χ0v) is 13.7. The Balaban J connectivity index is 1.74. The van der Waals surface area contributed by atoms with Gasteiger partial charge in [-0.15, -0.1) is 0 Å². The first kappa shape index (κ1) is 16.0. The molecule has 1 fully saturated rings. The van der Waals surface area contributed by atoms with Gasteiger partial charge in [0.05, 0.1) is 5.56 Å². The lowest BCUT2D eigenvalue weighted by molar-refractivity contribution is -0.121. The second-order valence-corrected chi connectivity index (χ2v) is 6.03. The summed E-state index contributed by atoms with van der Waals surface area (Å²) in [6.45, 7) is 2.41. The van der Waals surface area contributed by atoms with Gasteiger partial charge >= 0.3 is 0 Å². The van der Waals surface area contributed by atoms with Crippen molar-refractivity contribution in [1.29, 1.82) is 0 Å². The summed E-state index contributed by atoms with van der Waals surface area (Å²) in [7, 11) is 1.79. The number of nitrogens with zero attached hydrogens (tertiary/aromatic N) is 3. The van der Waals surface area contributed by atoms with Gasteiger partial charge in [0.2, 0.25) is 0 Å². The topological polar surface area (TPSA) is 87.5 Å². The number of aryl methyl sites for hydroxylation is 2. The number of phenolic OH excluding ortho intramolecular Hbond substituents is 1. The molecule has 0 bridgehead atoms. The highest BCUT2D eigenvalue weighted by atomic mass is 16.3. The molecule has 0 unspecified atom stereocenters. The average molecular weight is 328 g/mol. The monoisotopic (exact) mass is 328 g/mol. The van der Waals surface area contributed by atoms with Crippen molar-refractivity contribution in [2.45, 2.75) is 25.8 Å². The van der Waals surface area contributed by atoms with Gasteiger partial charge in [0.25, 0.3) is 11.8 Å². The molecule has 2 amide bonds. The normalized spacial score (nSPS) is 17.8. The number of nitrogens with one attached hydrogen (secondary N) is 1. The number of rotatable bonds is 3. The van der Waals surface area contributed by atoms with E-state index in [2.05, 4.69) is 10.4 Å². The van der Waals surface area contributed by atoms with E-state index in [4.69, 9.17) is 0 Å². The van der Waals surface area contributed by atoms with Gasteiger partial charge in [-0.2, -0.15) is 5.10 Å². The lowest BCUT2D eigenvalue weighted by Gasteiger charge is -2.31. The molecule has 1 aliphatic rings. The number of aromatic nitrogens is 2. The van der Waals surface area contributed by atoms with Crippen LogP contribution >= 0.6 is 0 Å². The van der Waals surface area contributed by atoms with Crippen molar-refractivity contribution in [2.24, 2.45) is 7.05 Å². The van der Waals surface area contributed by atoms with Gasteiger partial charge in [-0.3, -0.25) is 19.2 Å². The minimum absolute atomic E-state index is 0.0858. The first-order valence-corrected chi connectivity index (χ1v) is 7.87. The molecular formula is C17H20N4O3. The van der Waals surface area contributed by atoms with Crippen molar-refractivity contribution in [3.8, 4) is 5.75 Å². The van der Waals surface area contributed by atoms with Gasteiger partial charge < -0.3 is 10.4 Å². The van der Waals surface area contributed by atoms with Gasteiger partial charge in [0.15, 0.2) is 5.82 Å². The number of carbonyl (C=O) groups is 2. The molecule has 2 aromatic rings. The summed E-state index contributed by atoms with van der Waals surface area (Å²) in [5.74, 6) is -0.134. The van der Waals surface area contributed by atoms with E-state index in [1.165, 1.54) is 6.07 Å². The van der Waals surface area contributed by atoms with E-state index in [1.807, 2.05) is 6.92 Å². The second-order valence-electron chi connectivity index (χ2n) is 6.03. The van der Waals surface area contributed by atoms with Gasteiger partial charge in [0.1, 0.15) is 11.8 Å². The number of anilines is 1. The lowest BCUT2D eigenvalue weighted by atomic mass is 10.0. The fourth-order valence-electron chi connectivity index (χ4n) is 2.85. The Kier molecular flexibility index (Phi) is 4.24. The lowest BCUT2D eigenvalue weighted by Crippen LogP contribution is -2.52. The van der Waals surface area contributed by atoms with Crippen molar-refractivity contribution >= 4 is 17.6 Å². The first-order chi connectivity index (χ1) is 11.5. The van der Waals surface area contributed by atoms with E-state index in [0.29, 0.717) is 18.8 Å². The third-order valence-electron chi connectivity index (χ3n) is 4.12. The number of hydrogen-bond donors (Lipinski definition) is 2. The van der Waals surface area contributed by atoms with Crippen LogP contribution in [0.15, 0.2) is 30.5 Å². The third kappa shape index (κ3) is 3.10. The molecule has 7 nitrogen and oxygen atoms in total. The summed E-state index contributed by atoms with van der Waals surface area (Å²) in [5.41, 5.74) is 1.03. The maximum atomic E-state index is 12.6. The Morgan fingerprint density at radius 3 is 2.83 bits per heavy atom. The quantitative estimate of drug-likeness (QED) is 0.890. The Bertz CT molecular complexity index is 784. The summed E-state index contributed by atoms with van der Waals surface area (Å²) >= 11 is 0. The summed E-state index contributed by atoms with van der Waals surface area (Å²) < 4.78 is 1.63. The Morgan fingerprint density at radius 1 is 1.38 bits per heavy atom. The van der Waals surface area contributed by atoms with E-state index in [-0.39, 0.29) is 17.2 Å². The number of hydrogen-bond acceptors (Lipinski definition) is 4. The van der Waals surface area contributed by atoms with Crippen LogP contribution in [-0.2, 0) is 11.8 Å². The number of carbonyl (C=O) groups excluding carboxylic acids is 2. The Labute approximate surface area is 139 Å². The van der Waals surface area contributed by atoms with Gasteiger partial charge in [-0.1, -0.05) is 6.07 Å². The summed E-state index contributed by atoms with van der Waals surface area (Å²) in [6.07, 6.45) is 3.11. The number of phenols is 1. The molecule has 7 heteroatoms. The zero-order chi connectivity index (χ0) is 17.3. The maximum Gasteiger partial charge on any atom is 0.255 e. The molecule has 1 aromatic carbocycles. The highest BCUT2D eigenvalue weighted by Gasteiger charge is 2.32. The van der Waals surface area contributed by atoms with Crippen LogP contribution in [0.25, 0.3) is 0 Å². The van der Waals surface area contributed by atoms with Crippen LogP contribution in [0.3, 0.4) is 0 Å². The molecule has 1 aromatic heterocycles. The molecule has 126 valence electrons. The van der Waals surface area contributed by atoms with E-state index in [1.54, 1.807) is 41.0 Å². The number of benzene rings is 1. The van der Waals surface area contributed by atoms with Crippen LogP contribution in [0, 0.1) is 6.92 Å². The number of aromatic hydroxyl groups is 1. The van der Waals surface area contributed by atoms with Crippen LogP contribution in [0.4, 0.5) is 5.82 Å². The highest BCUT2D eigenvalue weighted by Crippen LogP contribution is 2.21. The molecule has 3 rings (SSSR count). The minimum atomic E-state index is -0.617. The molecule has 0 spiro atoms. The van der Waals surface area contributed by atoms with E-state index in [9.17, 15) is 14.7 Å². The van der Waals surface area contributed by atoms with Crippen LogP contribution in [0.5, 0.6) is 5.75 Å². The summed E-state index contributed by atoms with van der Waals surface area (Å²) in [6, 6.07) is 5.99. The average Bonchev–Trinajstić information content (AvgIpc) is 2.95. The largest absolute Gasteiger partial charge is 0.507 e. The van der Waals surface area contributed by atoms with Crippen molar-refractivity contribution < 1.29 is 14.7 Å². The van der Waals surface area contributed by atoms with Crippen molar-refractivity contribution in [1.82, 2.24) is 15.1 Å². The van der Waals surface area contributed by atoms with E-state index < -0.39 is 11.9 Å². The fraction of sp³-hybridized carbons (Fsp3) is 0.353. The van der Waals surface area contributed by atoms with E-state index >= 15 is 0 Å². The fourth-order valence-corrected chi connectivity index (χ4v) is 2.85. The third-order valence-corrected chi connectivity index (χ3v) is 4.12. The SMILES string of the molecule is Cc1ccc(C(=O)N[C@@H]2CCCN(c3ccn(C)n3)C2=O)c(O)c1. The molecule has 1 atom stereocenters. The van der Waals surface area contributed by atoms with Gasteiger partial charge in [-0.05, 0) is 37.5 Å². The molecule has 1 saturated heterocycles. The second kappa shape index (κ2) is 6.35. The number of piperidine rings is 1. The van der Waals surface area contributed by atoms with Gasteiger partial charge in [-0.25, -0.2) is 0 Å². The molecule has 0 saturated carbocycles. The molecule has 2 heterocycles. The maximum absolute atomic E-state index is 12.6. The van der Waals surface area contributed by atoms with Crippen LogP contribution in [0.2, 0.25) is 0 Å². The predicted octanol–water partition coefficient (Wildman–Crippen LogP) is 1.36. The Morgan fingerprint density at radius 2 is 2.17 bits per heavy atom. The molecule has 2 N–H and O–H groups in total. The van der Waals surface area contributed by atoms with Crippen LogP contribution < -0.4 is 10.2 Å². The molecule has 0 aliphatic carbocycles. The molecule has 24 heavy (non-hydrogen) atoms. The molecular weight excluding hydrogens is 308 g/mol. The molecule has 1 aliphatic heterocycles. The standard InChI is InChI=1S/C17H20N4O3/c1-11-5-6-12(14(22)10-11)16(23)18-13-4-3-8-21(17(13)24)15-7-9-20(2)19-15/h5-7,9-10,13,22H,3-4,8H2,1-2H3,(H,18,23)/t13-/m1/s1. The van der Waals surface area contributed by atoms with Crippen LogP contribution in [-0.4, -0.2) is 39.3 Å². The Hall–Kier alpha value is -2.83. The zero-order valence-electron chi connectivity index (χ0n) is 13.7. The first-order valence-electron chi connectivity index (χ1n) is 7.87. The number of amides is 2.